The van der Waals surface area contributed by atoms with Crippen molar-refractivity contribution in [3.63, 3.8) is 0 Å². The van der Waals surface area contributed by atoms with E-state index in [9.17, 15) is 4.79 Å². The van der Waals surface area contributed by atoms with Crippen molar-refractivity contribution in [1.29, 1.82) is 0 Å². The fourth-order valence-corrected chi connectivity index (χ4v) is 7.05. The summed E-state index contributed by atoms with van der Waals surface area (Å²) < 4.78 is 35.2. The fraction of sp³-hybridized carbons (Fsp3) is 0.486. The molecular weight excluding hydrogens is 584 g/mol. The van der Waals surface area contributed by atoms with Crippen LogP contribution in [0, 0.1) is 5.92 Å². The van der Waals surface area contributed by atoms with Gasteiger partial charge in [0.25, 0.3) is 0 Å². The number of esters is 1. The van der Waals surface area contributed by atoms with E-state index in [2.05, 4.69) is 41.0 Å². The van der Waals surface area contributed by atoms with Crippen molar-refractivity contribution in [2.24, 2.45) is 5.92 Å². The molecule has 3 aromatic carbocycles. The number of fused-ring (bicyclic) bond motifs is 1. The Labute approximate surface area is 273 Å². The number of benzene rings is 3. The van der Waals surface area contributed by atoms with E-state index in [1.807, 2.05) is 32.3 Å². The van der Waals surface area contributed by atoms with Gasteiger partial charge in [-0.25, -0.2) is 0 Å². The highest BCUT2D eigenvalue weighted by molar-refractivity contribution is 5.81. The molecule has 1 saturated heterocycles. The van der Waals surface area contributed by atoms with Gasteiger partial charge in [-0.2, -0.15) is 0 Å². The van der Waals surface area contributed by atoms with Crippen LogP contribution in [0.25, 0.3) is 0 Å². The molecule has 3 aromatic rings. The van der Waals surface area contributed by atoms with E-state index in [1.54, 1.807) is 35.5 Å². The van der Waals surface area contributed by atoms with E-state index >= 15 is 0 Å². The van der Waals surface area contributed by atoms with Crippen LogP contribution < -0.4 is 33.3 Å². The highest BCUT2D eigenvalue weighted by Crippen LogP contribution is 2.54. The maximum Gasteiger partial charge on any atom is 0.312 e. The first-order chi connectivity index (χ1) is 22.2. The predicted octanol–water partition coefficient (Wildman–Crippen LogP) is 6.49. The molecule has 0 saturated carbocycles. The van der Waals surface area contributed by atoms with Crippen molar-refractivity contribution in [3.8, 4) is 34.5 Å². The molecule has 5 rings (SSSR count). The van der Waals surface area contributed by atoms with Gasteiger partial charge in [0.05, 0.1) is 42.0 Å². The molecule has 2 aliphatic rings. The second-order valence-corrected chi connectivity index (χ2v) is 12.5. The van der Waals surface area contributed by atoms with E-state index in [1.165, 1.54) is 12.8 Å². The number of hydrogen-bond donors (Lipinski definition) is 0. The molecule has 248 valence electrons. The third-order valence-corrected chi connectivity index (χ3v) is 9.38. The molecule has 1 fully saturated rings. The van der Waals surface area contributed by atoms with E-state index < -0.39 is 0 Å². The van der Waals surface area contributed by atoms with Crippen LogP contribution in [0.1, 0.15) is 66.7 Å². The molecule has 0 amide bonds. The van der Waals surface area contributed by atoms with Crippen molar-refractivity contribution >= 4 is 11.7 Å². The minimum atomic E-state index is -0.385. The molecule has 0 bridgehead atoms. The Kier molecular flexibility index (Phi) is 10.5. The molecule has 3 atom stereocenters. The predicted molar refractivity (Wildman–Crippen MR) is 180 cm³/mol. The molecule has 0 radical (unpaired) electrons. The van der Waals surface area contributed by atoms with E-state index in [-0.39, 0.29) is 24.2 Å². The fourth-order valence-electron chi connectivity index (χ4n) is 7.05. The molecule has 0 N–H and O–H groups in total. The van der Waals surface area contributed by atoms with Crippen LogP contribution >= 0.6 is 0 Å². The summed E-state index contributed by atoms with van der Waals surface area (Å²) in [5.41, 5.74) is 4.73. The number of carbonyl (C=O) groups excluding carboxylic acids is 1. The molecule has 0 aromatic heterocycles. The van der Waals surface area contributed by atoms with Crippen LogP contribution in [-0.2, 0) is 4.79 Å². The number of hydrogen-bond acceptors (Lipinski definition) is 9. The zero-order valence-electron chi connectivity index (χ0n) is 28.5. The highest BCUT2D eigenvalue weighted by Gasteiger charge is 2.38. The maximum absolute atomic E-state index is 13.5. The van der Waals surface area contributed by atoms with Gasteiger partial charge in [0.1, 0.15) is 17.2 Å². The van der Waals surface area contributed by atoms with Crippen LogP contribution in [0.3, 0.4) is 0 Å². The zero-order valence-corrected chi connectivity index (χ0v) is 28.5. The Morgan fingerprint density at radius 2 is 1.54 bits per heavy atom. The lowest BCUT2D eigenvalue weighted by Gasteiger charge is -2.34. The second kappa shape index (κ2) is 14.5. The summed E-state index contributed by atoms with van der Waals surface area (Å²) in [4.78, 5) is 18.2. The lowest BCUT2D eigenvalue weighted by Crippen LogP contribution is -2.35. The van der Waals surface area contributed by atoms with Gasteiger partial charge in [0, 0.05) is 55.4 Å². The Hall–Kier alpha value is -4.11. The summed E-state index contributed by atoms with van der Waals surface area (Å²) in [6.45, 7) is 5.42. The van der Waals surface area contributed by atoms with Crippen molar-refractivity contribution in [3.05, 3.63) is 64.7 Å². The lowest BCUT2D eigenvalue weighted by molar-refractivity contribution is -0.135. The number of rotatable bonds is 12. The molecular formula is C37H48N2O7. The number of nitrogens with zero attached hydrogens (tertiary/aromatic N) is 2. The van der Waals surface area contributed by atoms with Gasteiger partial charge in [-0.3, -0.25) is 4.79 Å². The van der Waals surface area contributed by atoms with Crippen LogP contribution in [-0.4, -0.2) is 80.1 Å². The third-order valence-electron chi connectivity index (χ3n) is 9.38. The average molecular weight is 633 g/mol. The smallest absolute Gasteiger partial charge is 0.312 e. The first-order valence-corrected chi connectivity index (χ1v) is 16.0. The average Bonchev–Trinajstić information content (AvgIpc) is 3.07. The van der Waals surface area contributed by atoms with E-state index in [0.29, 0.717) is 40.4 Å². The Morgan fingerprint density at radius 1 is 0.891 bits per heavy atom. The molecule has 2 heterocycles. The topological polar surface area (TPSA) is 78.9 Å². The van der Waals surface area contributed by atoms with E-state index in [0.717, 1.165) is 54.0 Å². The quantitative estimate of drug-likeness (QED) is 0.164. The van der Waals surface area contributed by atoms with Crippen LogP contribution in [0.2, 0.25) is 0 Å². The SMILES string of the molecule is COc1cc([C@H]2CC(=O)Oc3c([C@H](CCN4CCC[C@H](C)C4)c4ccc(N(C)C)cc4)c(OC)cc(OC)c32)cc(OC)c1OC. The molecule has 0 aliphatic carbocycles. The number of ether oxygens (including phenoxy) is 6. The van der Waals surface area contributed by atoms with Crippen molar-refractivity contribution in [2.45, 2.75) is 44.4 Å². The monoisotopic (exact) mass is 632 g/mol. The molecule has 0 spiro atoms. The molecule has 0 unspecified atom stereocenters. The minimum Gasteiger partial charge on any atom is -0.496 e. The van der Waals surface area contributed by atoms with Gasteiger partial charge in [0.15, 0.2) is 11.5 Å². The summed E-state index contributed by atoms with van der Waals surface area (Å²) in [6.07, 6.45) is 3.43. The first kappa shape index (κ1) is 33.3. The van der Waals surface area contributed by atoms with Crippen LogP contribution in [0.15, 0.2) is 42.5 Å². The summed E-state index contributed by atoms with van der Waals surface area (Å²) in [5, 5.41) is 0. The molecule has 9 nitrogen and oxygen atoms in total. The summed E-state index contributed by atoms with van der Waals surface area (Å²) >= 11 is 0. The van der Waals surface area contributed by atoms with Gasteiger partial charge in [-0.15, -0.1) is 0 Å². The molecule has 2 aliphatic heterocycles. The summed E-state index contributed by atoms with van der Waals surface area (Å²) in [7, 11) is 12.1. The van der Waals surface area contributed by atoms with Crippen molar-refractivity contribution < 1.29 is 33.2 Å². The number of piperidine rings is 1. The van der Waals surface area contributed by atoms with Gasteiger partial charge in [-0.1, -0.05) is 19.1 Å². The van der Waals surface area contributed by atoms with E-state index in [4.69, 9.17) is 28.4 Å². The second-order valence-electron chi connectivity index (χ2n) is 12.5. The van der Waals surface area contributed by atoms with Gasteiger partial charge in [-0.05, 0) is 73.7 Å². The van der Waals surface area contributed by atoms with Gasteiger partial charge in [0.2, 0.25) is 5.75 Å². The Bertz CT molecular complexity index is 1500. The van der Waals surface area contributed by atoms with Crippen LogP contribution in [0.4, 0.5) is 5.69 Å². The maximum atomic E-state index is 13.5. The minimum absolute atomic E-state index is 0.102. The number of carbonyl (C=O) groups is 1. The Balaban J connectivity index is 1.70. The number of methoxy groups -OCH3 is 5. The Morgan fingerprint density at radius 3 is 2.11 bits per heavy atom. The number of anilines is 1. The molecule has 46 heavy (non-hydrogen) atoms. The lowest BCUT2D eigenvalue weighted by atomic mass is 9.79. The van der Waals surface area contributed by atoms with Gasteiger partial charge >= 0.3 is 5.97 Å². The third kappa shape index (κ3) is 6.70. The first-order valence-electron chi connectivity index (χ1n) is 16.0. The van der Waals surface area contributed by atoms with Crippen molar-refractivity contribution in [1.82, 2.24) is 4.90 Å². The van der Waals surface area contributed by atoms with Crippen molar-refractivity contribution in [2.75, 3.05) is 74.2 Å². The normalized spacial score (nSPS) is 18.7. The highest BCUT2D eigenvalue weighted by atomic mass is 16.5. The summed E-state index contributed by atoms with van der Waals surface area (Å²) in [5.74, 6) is 3.10. The summed E-state index contributed by atoms with van der Waals surface area (Å²) in [6, 6.07) is 14.4. The molecule has 9 heteroatoms. The van der Waals surface area contributed by atoms with Gasteiger partial charge < -0.3 is 38.2 Å². The number of likely N-dealkylation sites (tertiary alicyclic amines) is 1. The largest absolute Gasteiger partial charge is 0.496 e. The van der Waals surface area contributed by atoms with Crippen LogP contribution in [0.5, 0.6) is 34.5 Å². The standard InChI is InChI=1S/C37H48N2O7/c1-23-10-9-16-39(22-23)17-15-27(24-11-13-26(14-12-24)38(2)3)34-29(41-4)21-30(42-5)35-28(20-33(40)46-37(34)35)25-18-31(43-6)36(45-8)32(19-25)44-7/h11-14,18-19,21,23,27-28H,9-10,15-17,20,22H2,1-8H3/t23-,27+,28+/m0/s1. The zero-order chi connectivity index (χ0) is 33.0.